The highest BCUT2D eigenvalue weighted by atomic mass is 16.6. The number of amides is 1. The minimum Gasteiger partial charge on any atom is -0.397 e. The Kier molecular flexibility index (Phi) is 3.61. The molecule has 0 fully saturated rings. The van der Waals surface area contributed by atoms with Gasteiger partial charge in [0.2, 0.25) is 5.91 Å². The van der Waals surface area contributed by atoms with Crippen LogP contribution in [-0.2, 0) is 4.79 Å². The lowest BCUT2D eigenvalue weighted by atomic mass is 10.2. The topological polar surface area (TPSA) is 106 Å². The number of fused-ring (bicyclic) bond motifs is 1. The molecule has 0 aliphatic carbocycles. The highest BCUT2D eigenvalue weighted by Gasteiger charge is 2.09. The fourth-order valence-electron chi connectivity index (χ4n) is 1.62. The van der Waals surface area contributed by atoms with E-state index >= 15 is 0 Å². The highest BCUT2D eigenvalue weighted by Crippen LogP contribution is 2.24. The monoisotopic (exact) mass is 249 g/mol. The Labute approximate surface area is 104 Å². The van der Waals surface area contributed by atoms with E-state index < -0.39 is 0 Å². The summed E-state index contributed by atoms with van der Waals surface area (Å²) in [4.78, 5) is 11.3. The lowest BCUT2D eigenvalue weighted by Crippen LogP contribution is -2.24. The van der Waals surface area contributed by atoms with E-state index in [2.05, 4.69) is 25.6 Å². The van der Waals surface area contributed by atoms with Crippen LogP contribution >= 0.6 is 0 Å². The van der Waals surface area contributed by atoms with Gasteiger partial charge in [-0.1, -0.05) is 0 Å². The predicted molar refractivity (Wildman–Crippen MR) is 68.0 cm³/mol. The molecule has 1 amide bonds. The molecule has 7 heteroatoms. The lowest BCUT2D eigenvalue weighted by molar-refractivity contribution is -0.120. The summed E-state index contributed by atoms with van der Waals surface area (Å²) < 4.78 is 4.65. The number of hydrogen-bond donors (Lipinski definition) is 3. The third-order valence-corrected chi connectivity index (χ3v) is 2.49. The van der Waals surface area contributed by atoms with E-state index in [1.807, 2.05) is 6.92 Å². The van der Waals surface area contributed by atoms with Crippen LogP contribution in [0.3, 0.4) is 0 Å². The van der Waals surface area contributed by atoms with Crippen molar-refractivity contribution in [3.63, 3.8) is 0 Å². The van der Waals surface area contributed by atoms with E-state index in [-0.39, 0.29) is 5.91 Å². The molecule has 0 saturated heterocycles. The number of nitrogen functional groups attached to an aromatic ring is 1. The Balaban J connectivity index is 2.02. The summed E-state index contributed by atoms with van der Waals surface area (Å²) in [6, 6.07) is 3.51. The summed E-state index contributed by atoms with van der Waals surface area (Å²) >= 11 is 0. The average Bonchev–Trinajstić information content (AvgIpc) is 2.82. The van der Waals surface area contributed by atoms with Gasteiger partial charge in [-0.15, -0.1) is 0 Å². The number of benzene rings is 1. The first kappa shape index (κ1) is 12.2. The molecule has 0 bridgehead atoms. The van der Waals surface area contributed by atoms with Gasteiger partial charge in [-0.2, -0.15) is 0 Å². The van der Waals surface area contributed by atoms with Crippen LogP contribution in [0.5, 0.6) is 0 Å². The molecule has 0 spiro atoms. The van der Waals surface area contributed by atoms with Gasteiger partial charge in [0.15, 0.2) is 11.0 Å². The van der Waals surface area contributed by atoms with Gasteiger partial charge in [0, 0.05) is 19.5 Å². The maximum Gasteiger partial charge on any atom is 0.221 e. The maximum absolute atomic E-state index is 11.3. The maximum atomic E-state index is 11.3. The second-order valence-electron chi connectivity index (χ2n) is 3.79. The molecular weight excluding hydrogens is 234 g/mol. The molecule has 0 aliphatic rings. The summed E-state index contributed by atoms with van der Waals surface area (Å²) in [5.74, 6) is 0.00923. The predicted octanol–water partition coefficient (Wildman–Crippen LogP) is 0.743. The number of carbonyl (C=O) groups is 1. The SMILES string of the molecule is CCNC(=O)CCNc1ccc(N)c2nonc12. The van der Waals surface area contributed by atoms with Crippen molar-refractivity contribution >= 4 is 28.3 Å². The summed E-state index contributed by atoms with van der Waals surface area (Å²) in [6.45, 7) is 3.03. The van der Waals surface area contributed by atoms with Crippen molar-refractivity contribution in [3.8, 4) is 0 Å². The summed E-state index contributed by atoms with van der Waals surface area (Å²) in [7, 11) is 0. The minimum atomic E-state index is 0.00923. The van der Waals surface area contributed by atoms with Crippen LogP contribution in [-0.4, -0.2) is 29.3 Å². The van der Waals surface area contributed by atoms with E-state index in [0.717, 1.165) is 5.69 Å². The van der Waals surface area contributed by atoms with Crippen LogP contribution < -0.4 is 16.4 Å². The first-order chi connectivity index (χ1) is 8.72. The molecular formula is C11H15N5O2. The zero-order valence-corrected chi connectivity index (χ0v) is 10.1. The molecule has 0 atom stereocenters. The largest absolute Gasteiger partial charge is 0.397 e. The average molecular weight is 249 g/mol. The zero-order chi connectivity index (χ0) is 13.0. The normalized spacial score (nSPS) is 10.5. The van der Waals surface area contributed by atoms with E-state index in [1.54, 1.807) is 12.1 Å². The molecule has 0 radical (unpaired) electrons. The van der Waals surface area contributed by atoms with Gasteiger partial charge in [0.05, 0.1) is 11.4 Å². The molecule has 0 unspecified atom stereocenters. The number of nitrogens with one attached hydrogen (secondary N) is 2. The summed E-state index contributed by atoms with van der Waals surface area (Å²) in [5, 5.41) is 13.3. The minimum absolute atomic E-state index is 0.00923. The molecule has 1 aromatic heterocycles. The van der Waals surface area contributed by atoms with Gasteiger partial charge in [0.1, 0.15) is 0 Å². The second kappa shape index (κ2) is 5.35. The van der Waals surface area contributed by atoms with E-state index in [0.29, 0.717) is 36.2 Å². The van der Waals surface area contributed by atoms with Crippen LogP contribution in [0, 0.1) is 0 Å². The molecule has 2 aromatic rings. The van der Waals surface area contributed by atoms with Gasteiger partial charge in [-0.3, -0.25) is 4.79 Å². The molecule has 7 nitrogen and oxygen atoms in total. The van der Waals surface area contributed by atoms with E-state index in [1.165, 1.54) is 0 Å². The zero-order valence-electron chi connectivity index (χ0n) is 10.1. The van der Waals surface area contributed by atoms with Gasteiger partial charge in [-0.25, -0.2) is 4.63 Å². The van der Waals surface area contributed by atoms with Gasteiger partial charge in [-0.05, 0) is 29.4 Å². The number of rotatable bonds is 5. The number of nitrogens with two attached hydrogens (primary N) is 1. The first-order valence-corrected chi connectivity index (χ1v) is 5.73. The van der Waals surface area contributed by atoms with Crippen LogP contribution in [0.4, 0.5) is 11.4 Å². The fraction of sp³-hybridized carbons (Fsp3) is 0.364. The summed E-state index contributed by atoms with van der Waals surface area (Å²) in [6.07, 6.45) is 0.394. The van der Waals surface area contributed by atoms with Crippen LogP contribution in [0.25, 0.3) is 11.0 Å². The number of aromatic nitrogens is 2. The van der Waals surface area contributed by atoms with Crippen molar-refractivity contribution in [2.24, 2.45) is 0 Å². The van der Waals surface area contributed by atoms with Gasteiger partial charge in [0.25, 0.3) is 0 Å². The van der Waals surface area contributed by atoms with Crippen molar-refractivity contribution in [3.05, 3.63) is 12.1 Å². The van der Waals surface area contributed by atoms with Crippen molar-refractivity contribution in [2.45, 2.75) is 13.3 Å². The molecule has 18 heavy (non-hydrogen) atoms. The lowest BCUT2D eigenvalue weighted by Gasteiger charge is -2.06. The van der Waals surface area contributed by atoms with Crippen molar-refractivity contribution in [1.29, 1.82) is 0 Å². The molecule has 1 aromatic carbocycles. The van der Waals surface area contributed by atoms with Crippen molar-refractivity contribution in [2.75, 3.05) is 24.1 Å². The Morgan fingerprint density at radius 1 is 1.39 bits per heavy atom. The van der Waals surface area contributed by atoms with Crippen LogP contribution in [0.1, 0.15) is 13.3 Å². The Bertz CT molecular complexity index is 551. The Hall–Kier alpha value is -2.31. The number of anilines is 2. The molecule has 96 valence electrons. The standard InChI is InChI=1S/C11H15N5O2/c1-2-13-9(17)5-6-14-8-4-3-7(12)10-11(8)16-18-15-10/h3-4,14H,2,5-6,12H2,1H3,(H,13,17). The molecule has 1 heterocycles. The van der Waals surface area contributed by atoms with Crippen LogP contribution in [0.2, 0.25) is 0 Å². The molecule has 0 saturated carbocycles. The van der Waals surface area contributed by atoms with E-state index in [4.69, 9.17) is 5.73 Å². The van der Waals surface area contributed by atoms with Crippen molar-refractivity contribution in [1.82, 2.24) is 15.6 Å². The molecule has 4 N–H and O–H groups in total. The highest BCUT2D eigenvalue weighted by molar-refractivity contribution is 5.95. The molecule has 0 aliphatic heterocycles. The molecule has 2 rings (SSSR count). The van der Waals surface area contributed by atoms with Crippen LogP contribution in [0.15, 0.2) is 16.8 Å². The fourth-order valence-corrected chi connectivity index (χ4v) is 1.62. The Morgan fingerprint density at radius 3 is 2.94 bits per heavy atom. The number of hydrogen-bond acceptors (Lipinski definition) is 6. The van der Waals surface area contributed by atoms with E-state index in [9.17, 15) is 4.79 Å². The van der Waals surface area contributed by atoms with Gasteiger partial charge >= 0.3 is 0 Å². The Morgan fingerprint density at radius 2 is 2.17 bits per heavy atom. The summed E-state index contributed by atoms with van der Waals surface area (Å²) in [5.41, 5.74) is 8.10. The number of carbonyl (C=O) groups excluding carboxylic acids is 1. The number of nitrogens with zero attached hydrogens (tertiary/aromatic N) is 2. The quantitative estimate of drug-likeness (QED) is 0.675. The van der Waals surface area contributed by atoms with Crippen molar-refractivity contribution < 1.29 is 9.42 Å². The smallest absolute Gasteiger partial charge is 0.221 e. The second-order valence-corrected chi connectivity index (χ2v) is 3.79. The third kappa shape index (κ3) is 2.50. The first-order valence-electron chi connectivity index (χ1n) is 5.73. The van der Waals surface area contributed by atoms with Gasteiger partial charge < -0.3 is 16.4 Å². The third-order valence-electron chi connectivity index (χ3n) is 2.49.